The van der Waals surface area contributed by atoms with Crippen LogP contribution >= 0.6 is 11.3 Å². The third kappa shape index (κ3) is 4.37. The van der Waals surface area contributed by atoms with E-state index in [1.54, 1.807) is 23.7 Å². The topological polar surface area (TPSA) is 61.4 Å². The Kier molecular flexibility index (Phi) is 6.11. The standard InChI is InChI=1S/C23H27N5OS/c1-16(17-8-5-4-6-9-17)26-22-21-18-11-13-28(20(29)10-7-12-27(2)3)14-19(18)30-23(21)25-15-24-22/h4-10,15-16H,11-14H2,1-3H3,(H,24,25,26)/b10-7+. The van der Waals surface area contributed by atoms with E-state index in [2.05, 4.69) is 34.3 Å². The molecule has 6 nitrogen and oxygen atoms in total. The summed E-state index contributed by atoms with van der Waals surface area (Å²) in [6.07, 6.45) is 6.05. The first-order valence-electron chi connectivity index (χ1n) is 10.2. The van der Waals surface area contributed by atoms with Gasteiger partial charge in [-0.15, -0.1) is 11.3 Å². The fraction of sp³-hybridized carbons (Fsp3) is 0.348. The Morgan fingerprint density at radius 3 is 2.87 bits per heavy atom. The molecule has 1 amide bonds. The third-order valence-corrected chi connectivity index (χ3v) is 6.46. The summed E-state index contributed by atoms with van der Waals surface area (Å²) in [6, 6.07) is 10.5. The van der Waals surface area contributed by atoms with Gasteiger partial charge in [-0.2, -0.15) is 0 Å². The zero-order valence-electron chi connectivity index (χ0n) is 17.6. The lowest BCUT2D eigenvalue weighted by molar-refractivity contribution is -0.126. The number of amides is 1. The molecule has 0 radical (unpaired) electrons. The smallest absolute Gasteiger partial charge is 0.246 e. The second-order valence-corrected chi connectivity index (χ2v) is 8.94. The fourth-order valence-electron chi connectivity index (χ4n) is 3.73. The van der Waals surface area contributed by atoms with Crippen LogP contribution in [0.4, 0.5) is 5.82 Å². The highest BCUT2D eigenvalue weighted by Crippen LogP contribution is 2.38. The van der Waals surface area contributed by atoms with Crippen molar-refractivity contribution in [2.24, 2.45) is 0 Å². The van der Waals surface area contributed by atoms with Crippen LogP contribution < -0.4 is 5.32 Å². The molecule has 0 saturated carbocycles. The summed E-state index contributed by atoms with van der Waals surface area (Å²) in [5.41, 5.74) is 2.49. The molecule has 0 spiro atoms. The van der Waals surface area contributed by atoms with E-state index in [1.165, 1.54) is 16.0 Å². The number of carbonyl (C=O) groups excluding carboxylic acids is 1. The molecule has 1 aromatic carbocycles. The molecule has 0 fully saturated rings. The first-order valence-corrected chi connectivity index (χ1v) is 11.0. The number of hydrogen-bond acceptors (Lipinski definition) is 6. The summed E-state index contributed by atoms with van der Waals surface area (Å²) in [5, 5.41) is 4.68. The molecule has 4 rings (SSSR count). The van der Waals surface area contributed by atoms with E-state index in [0.717, 1.165) is 29.0 Å². The molecule has 156 valence electrons. The lowest BCUT2D eigenvalue weighted by Gasteiger charge is -2.26. The van der Waals surface area contributed by atoms with Crippen LogP contribution in [0.5, 0.6) is 0 Å². The molecule has 1 aliphatic heterocycles. The number of rotatable bonds is 6. The summed E-state index contributed by atoms with van der Waals surface area (Å²) in [7, 11) is 3.98. The van der Waals surface area contributed by atoms with E-state index < -0.39 is 0 Å². The number of nitrogens with zero attached hydrogens (tertiary/aromatic N) is 4. The SMILES string of the molecule is CC(Nc1ncnc2sc3c(c12)CCN(C(=O)/C=C/CN(C)C)C3)c1ccccc1. The van der Waals surface area contributed by atoms with Crippen molar-refractivity contribution in [1.29, 1.82) is 0 Å². The van der Waals surface area contributed by atoms with Crippen LogP contribution in [0.15, 0.2) is 48.8 Å². The number of hydrogen-bond donors (Lipinski definition) is 1. The van der Waals surface area contributed by atoms with Gasteiger partial charge in [-0.05, 0) is 38.6 Å². The second-order valence-electron chi connectivity index (χ2n) is 7.86. The summed E-state index contributed by atoms with van der Waals surface area (Å²) in [4.78, 5) is 27.8. The molecule has 1 N–H and O–H groups in total. The fourth-order valence-corrected chi connectivity index (χ4v) is 4.93. The van der Waals surface area contributed by atoms with Gasteiger partial charge < -0.3 is 15.1 Å². The van der Waals surface area contributed by atoms with Crippen molar-refractivity contribution in [2.45, 2.75) is 25.9 Å². The zero-order chi connectivity index (χ0) is 21.1. The molecular weight excluding hydrogens is 394 g/mol. The summed E-state index contributed by atoms with van der Waals surface area (Å²) in [6.45, 7) is 4.25. The first kappa shape index (κ1) is 20.5. The number of aromatic nitrogens is 2. The van der Waals surface area contributed by atoms with Gasteiger partial charge in [-0.1, -0.05) is 36.4 Å². The Hall–Kier alpha value is -2.77. The highest BCUT2D eigenvalue weighted by atomic mass is 32.1. The number of anilines is 1. The number of benzene rings is 1. The van der Waals surface area contributed by atoms with E-state index in [0.29, 0.717) is 13.1 Å². The van der Waals surface area contributed by atoms with Crippen LogP contribution in [0.3, 0.4) is 0 Å². The maximum absolute atomic E-state index is 12.6. The van der Waals surface area contributed by atoms with Crippen molar-refractivity contribution in [1.82, 2.24) is 19.8 Å². The normalized spacial score (nSPS) is 15.0. The number of thiophene rings is 1. The van der Waals surface area contributed by atoms with Crippen molar-refractivity contribution in [3.8, 4) is 0 Å². The molecule has 7 heteroatoms. The largest absolute Gasteiger partial charge is 0.363 e. The van der Waals surface area contributed by atoms with Gasteiger partial charge in [-0.3, -0.25) is 4.79 Å². The molecule has 3 heterocycles. The van der Waals surface area contributed by atoms with E-state index in [9.17, 15) is 4.79 Å². The molecular formula is C23H27N5OS. The summed E-state index contributed by atoms with van der Waals surface area (Å²) in [5.74, 6) is 0.946. The Labute approximate surface area is 181 Å². The predicted octanol–water partition coefficient (Wildman–Crippen LogP) is 3.87. The van der Waals surface area contributed by atoms with Crippen LogP contribution in [0, 0.1) is 0 Å². The highest BCUT2D eigenvalue weighted by Gasteiger charge is 2.25. The molecule has 1 unspecified atom stereocenters. The third-order valence-electron chi connectivity index (χ3n) is 5.33. The lowest BCUT2D eigenvalue weighted by atomic mass is 10.0. The van der Waals surface area contributed by atoms with Gasteiger partial charge in [0.2, 0.25) is 5.91 Å². The molecule has 0 bridgehead atoms. The molecule has 0 aliphatic carbocycles. The number of fused-ring (bicyclic) bond motifs is 3. The van der Waals surface area contributed by atoms with E-state index in [4.69, 9.17) is 0 Å². The molecule has 1 atom stereocenters. The van der Waals surface area contributed by atoms with Crippen LogP contribution in [0.25, 0.3) is 10.2 Å². The zero-order valence-corrected chi connectivity index (χ0v) is 18.4. The number of carbonyl (C=O) groups is 1. The van der Waals surface area contributed by atoms with Crippen molar-refractivity contribution in [3.05, 3.63) is 64.8 Å². The first-order chi connectivity index (χ1) is 14.5. The summed E-state index contributed by atoms with van der Waals surface area (Å²) < 4.78 is 0. The Morgan fingerprint density at radius 1 is 1.30 bits per heavy atom. The summed E-state index contributed by atoms with van der Waals surface area (Å²) >= 11 is 1.67. The van der Waals surface area contributed by atoms with Crippen molar-refractivity contribution in [2.75, 3.05) is 32.5 Å². The monoisotopic (exact) mass is 421 g/mol. The van der Waals surface area contributed by atoms with Gasteiger partial charge >= 0.3 is 0 Å². The van der Waals surface area contributed by atoms with E-state index in [1.807, 2.05) is 48.2 Å². The second kappa shape index (κ2) is 8.93. The van der Waals surface area contributed by atoms with Crippen LogP contribution in [-0.4, -0.2) is 52.9 Å². The van der Waals surface area contributed by atoms with E-state index in [-0.39, 0.29) is 11.9 Å². The Balaban J connectivity index is 1.56. The van der Waals surface area contributed by atoms with Crippen molar-refractivity contribution >= 4 is 33.3 Å². The maximum Gasteiger partial charge on any atom is 0.246 e. The van der Waals surface area contributed by atoms with Crippen LogP contribution in [-0.2, 0) is 17.8 Å². The molecule has 30 heavy (non-hydrogen) atoms. The van der Waals surface area contributed by atoms with Gasteiger partial charge in [0.05, 0.1) is 11.9 Å². The quantitative estimate of drug-likeness (QED) is 0.612. The average Bonchev–Trinajstić information content (AvgIpc) is 3.12. The molecule has 3 aromatic rings. The average molecular weight is 422 g/mol. The van der Waals surface area contributed by atoms with Crippen molar-refractivity contribution in [3.63, 3.8) is 0 Å². The van der Waals surface area contributed by atoms with Gasteiger partial charge in [-0.25, -0.2) is 9.97 Å². The molecule has 1 aliphatic rings. The highest BCUT2D eigenvalue weighted by molar-refractivity contribution is 7.19. The maximum atomic E-state index is 12.6. The van der Waals surface area contributed by atoms with Gasteiger partial charge in [0.25, 0.3) is 0 Å². The minimum atomic E-state index is 0.0714. The minimum absolute atomic E-state index is 0.0714. The molecule has 2 aromatic heterocycles. The lowest BCUT2D eigenvalue weighted by Crippen LogP contribution is -2.34. The van der Waals surface area contributed by atoms with Gasteiger partial charge in [0, 0.05) is 30.1 Å². The Bertz CT molecular complexity index is 1060. The molecule has 0 saturated heterocycles. The minimum Gasteiger partial charge on any atom is -0.363 e. The van der Waals surface area contributed by atoms with Crippen LogP contribution in [0.2, 0.25) is 0 Å². The van der Waals surface area contributed by atoms with Crippen molar-refractivity contribution < 1.29 is 4.79 Å². The number of likely N-dealkylation sites (N-methyl/N-ethyl adjacent to an activating group) is 1. The van der Waals surface area contributed by atoms with Crippen LogP contribution in [0.1, 0.15) is 29.0 Å². The van der Waals surface area contributed by atoms with E-state index >= 15 is 0 Å². The van der Waals surface area contributed by atoms with Gasteiger partial charge in [0.15, 0.2) is 0 Å². The Morgan fingerprint density at radius 2 is 2.10 bits per heavy atom. The predicted molar refractivity (Wildman–Crippen MR) is 123 cm³/mol. The van der Waals surface area contributed by atoms with Gasteiger partial charge in [0.1, 0.15) is 17.0 Å². The number of nitrogens with one attached hydrogen (secondary N) is 1.